The van der Waals surface area contributed by atoms with Gasteiger partial charge in [-0.3, -0.25) is 9.69 Å². The number of piperazine rings is 1. The lowest BCUT2D eigenvalue weighted by atomic mass is 10.1. The maximum Gasteiger partial charge on any atom is 0.255 e. The molecular formula is C15H22ClN3OS. The van der Waals surface area contributed by atoms with Crippen LogP contribution < -0.4 is 0 Å². The Morgan fingerprint density at radius 1 is 1.29 bits per heavy atom. The molecule has 6 heteroatoms. The molecule has 1 heterocycles. The van der Waals surface area contributed by atoms with Crippen molar-refractivity contribution in [3.63, 3.8) is 0 Å². The monoisotopic (exact) mass is 327 g/mol. The molecule has 0 aromatic heterocycles. The second kappa shape index (κ2) is 7.49. The van der Waals surface area contributed by atoms with Crippen LogP contribution in [0.1, 0.15) is 10.4 Å². The van der Waals surface area contributed by atoms with E-state index in [1.54, 1.807) is 18.2 Å². The predicted molar refractivity (Wildman–Crippen MR) is 89.6 cm³/mol. The van der Waals surface area contributed by atoms with Crippen molar-refractivity contribution in [3.05, 3.63) is 28.8 Å². The van der Waals surface area contributed by atoms with E-state index in [4.69, 9.17) is 11.6 Å². The first kappa shape index (κ1) is 16.6. The number of likely N-dealkylation sites (N-methyl/N-ethyl adjacent to an activating group) is 1. The van der Waals surface area contributed by atoms with Gasteiger partial charge in [-0.15, -0.1) is 12.6 Å². The van der Waals surface area contributed by atoms with Gasteiger partial charge in [0.2, 0.25) is 0 Å². The van der Waals surface area contributed by atoms with Gasteiger partial charge in [-0.05, 0) is 32.3 Å². The van der Waals surface area contributed by atoms with E-state index in [2.05, 4.69) is 36.5 Å². The summed E-state index contributed by atoms with van der Waals surface area (Å²) in [6.07, 6.45) is 0. The Bertz CT molecular complexity index is 502. The maximum atomic E-state index is 12.5. The Hall–Kier alpha value is -0.750. The Kier molecular flexibility index (Phi) is 5.93. The standard InChI is InChI=1S/C15H22ClN3OS/c1-17(2)5-6-18-7-9-19(10-8-18)15(20)13-11-12(21)3-4-14(13)16/h3-4,11,21H,5-10H2,1-2H3. The molecule has 0 N–H and O–H groups in total. The minimum atomic E-state index is 0.00293. The van der Waals surface area contributed by atoms with Gasteiger partial charge in [0.05, 0.1) is 10.6 Å². The summed E-state index contributed by atoms with van der Waals surface area (Å²) in [4.78, 5) is 19.7. The van der Waals surface area contributed by atoms with Crippen molar-refractivity contribution in [2.24, 2.45) is 0 Å². The third-order valence-corrected chi connectivity index (χ3v) is 4.31. The fourth-order valence-corrected chi connectivity index (χ4v) is 2.77. The smallest absolute Gasteiger partial charge is 0.255 e. The van der Waals surface area contributed by atoms with Crippen LogP contribution in [0.5, 0.6) is 0 Å². The van der Waals surface area contributed by atoms with Gasteiger partial charge >= 0.3 is 0 Å². The molecule has 0 atom stereocenters. The van der Waals surface area contributed by atoms with E-state index in [9.17, 15) is 4.79 Å². The second-order valence-corrected chi connectivity index (χ2v) is 6.52. The lowest BCUT2D eigenvalue weighted by Crippen LogP contribution is -2.50. The zero-order valence-electron chi connectivity index (χ0n) is 12.5. The largest absolute Gasteiger partial charge is 0.336 e. The number of halogens is 1. The van der Waals surface area contributed by atoms with Crippen LogP contribution in [0.4, 0.5) is 0 Å². The highest BCUT2D eigenvalue weighted by atomic mass is 35.5. The van der Waals surface area contributed by atoms with Gasteiger partial charge in [0.15, 0.2) is 0 Å². The van der Waals surface area contributed by atoms with Gasteiger partial charge in [0.25, 0.3) is 5.91 Å². The van der Waals surface area contributed by atoms with Crippen molar-refractivity contribution < 1.29 is 4.79 Å². The SMILES string of the molecule is CN(C)CCN1CCN(C(=O)c2cc(S)ccc2Cl)CC1. The average Bonchev–Trinajstić information content (AvgIpc) is 2.47. The van der Waals surface area contributed by atoms with E-state index in [-0.39, 0.29) is 5.91 Å². The first-order valence-electron chi connectivity index (χ1n) is 7.12. The van der Waals surface area contributed by atoms with E-state index in [1.807, 2.05) is 4.90 Å². The van der Waals surface area contributed by atoms with E-state index in [0.717, 1.165) is 44.2 Å². The van der Waals surface area contributed by atoms with Crippen LogP contribution in [0.3, 0.4) is 0 Å². The van der Waals surface area contributed by atoms with Crippen molar-refractivity contribution in [1.82, 2.24) is 14.7 Å². The van der Waals surface area contributed by atoms with Crippen molar-refractivity contribution in [3.8, 4) is 0 Å². The van der Waals surface area contributed by atoms with E-state index in [0.29, 0.717) is 10.6 Å². The molecule has 21 heavy (non-hydrogen) atoms. The van der Waals surface area contributed by atoms with Crippen molar-refractivity contribution >= 4 is 30.1 Å². The molecular weight excluding hydrogens is 306 g/mol. The number of hydrogen-bond donors (Lipinski definition) is 1. The van der Waals surface area contributed by atoms with Crippen molar-refractivity contribution in [2.75, 3.05) is 53.4 Å². The molecule has 116 valence electrons. The highest BCUT2D eigenvalue weighted by Crippen LogP contribution is 2.21. The van der Waals surface area contributed by atoms with E-state index in [1.165, 1.54) is 0 Å². The number of amides is 1. The summed E-state index contributed by atoms with van der Waals surface area (Å²) in [6, 6.07) is 5.26. The van der Waals surface area contributed by atoms with Gasteiger partial charge < -0.3 is 9.80 Å². The van der Waals surface area contributed by atoms with Gasteiger partial charge in [-0.25, -0.2) is 0 Å². The highest BCUT2D eigenvalue weighted by Gasteiger charge is 2.23. The lowest BCUT2D eigenvalue weighted by Gasteiger charge is -2.35. The average molecular weight is 328 g/mol. The number of rotatable bonds is 4. The number of carbonyl (C=O) groups is 1. The molecule has 0 unspecified atom stereocenters. The molecule has 0 spiro atoms. The molecule has 1 saturated heterocycles. The summed E-state index contributed by atoms with van der Waals surface area (Å²) in [5.74, 6) is 0.00293. The number of thiol groups is 1. The molecule has 2 rings (SSSR count). The Morgan fingerprint density at radius 2 is 1.95 bits per heavy atom. The summed E-state index contributed by atoms with van der Waals surface area (Å²) >= 11 is 10.4. The summed E-state index contributed by atoms with van der Waals surface area (Å²) in [7, 11) is 4.15. The minimum Gasteiger partial charge on any atom is -0.336 e. The highest BCUT2D eigenvalue weighted by molar-refractivity contribution is 7.80. The molecule has 1 aliphatic rings. The topological polar surface area (TPSA) is 26.8 Å². The number of nitrogens with zero attached hydrogens (tertiary/aromatic N) is 3. The first-order valence-corrected chi connectivity index (χ1v) is 7.95. The molecule has 1 aromatic rings. The fourth-order valence-electron chi connectivity index (χ4n) is 2.36. The summed E-state index contributed by atoms with van der Waals surface area (Å²) < 4.78 is 0. The van der Waals surface area contributed by atoms with Crippen LogP contribution in [0, 0.1) is 0 Å². The van der Waals surface area contributed by atoms with E-state index >= 15 is 0 Å². The Balaban J connectivity index is 1.92. The van der Waals surface area contributed by atoms with Crippen LogP contribution in [0.25, 0.3) is 0 Å². The van der Waals surface area contributed by atoms with Gasteiger partial charge in [0.1, 0.15) is 0 Å². The summed E-state index contributed by atoms with van der Waals surface area (Å²) in [5, 5.41) is 0.493. The fraction of sp³-hybridized carbons (Fsp3) is 0.533. The van der Waals surface area contributed by atoms with E-state index < -0.39 is 0 Å². The maximum absolute atomic E-state index is 12.5. The lowest BCUT2D eigenvalue weighted by molar-refractivity contribution is 0.0629. The van der Waals surface area contributed by atoms with Gasteiger partial charge in [0, 0.05) is 44.2 Å². The predicted octanol–water partition coefficient (Wildman–Crippen LogP) is 1.95. The van der Waals surface area contributed by atoms with Crippen LogP contribution in [0.15, 0.2) is 23.1 Å². The quantitative estimate of drug-likeness (QED) is 0.856. The van der Waals surface area contributed by atoms with Gasteiger partial charge in [-0.1, -0.05) is 11.6 Å². The number of carbonyl (C=O) groups excluding carboxylic acids is 1. The van der Waals surface area contributed by atoms with Crippen LogP contribution >= 0.6 is 24.2 Å². The second-order valence-electron chi connectivity index (χ2n) is 5.60. The molecule has 0 aliphatic carbocycles. The molecule has 0 radical (unpaired) electrons. The third kappa shape index (κ3) is 4.61. The molecule has 1 fully saturated rings. The Morgan fingerprint density at radius 3 is 2.57 bits per heavy atom. The normalized spacial score (nSPS) is 16.5. The van der Waals surface area contributed by atoms with Crippen molar-refractivity contribution in [1.29, 1.82) is 0 Å². The molecule has 1 aromatic carbocycles. The molecule has 1 amide bonds. The van der Waals surface area contributed by atoms with Crippen LogP contribution in [-0.4, -0.2) is 74.0 Å². The van der Waals surface area contributed by atoms with Gasteiger partial charge in [-0.2, -0.15) is 0 Å². The van der Waals surface area contributed by atoms with Crippen LogP contribution in [-0.2, 0) is 0 Å². The number of benzene rings is 1. The first-order chi connectivity index (χ1) is 9.97. The third-order valence-electron chi connectivity index (χ3n) is 3.70. The summed E-state index contributed by atoms with van der Waals surface area (Å²) in [5.41, 5.74) is 0.547. The number of hydrogen-bond acceptors (Lipinski definition) is 4. The molecule has 1 aliphatic heterocycles. The van der Waals surface area contributed by atoms with Crippen LogP contribution in [0.2, 0.25) is 5.02 Å². The minimum absolute atomic E-state index is 0.00293. The Labute approximate surface area is 137 Å². The zero-order chi connectivity index (χ0) is 15.4. The molecule has 0 bridgehead atoms. The molecule has 0 saturated carbocycles. The van der Waals surface area contributed by atoms with Crippen molar-refractivity contribution in [2.45, 2.75) is 4.90 Å². The summed E-state index contributed by atoms with van der Waals surface area (Å²) in [6.45, 7) is 5.41. The molecule has 4 nitrogen and oxygen atoms in total. The zero-order valence-corrected chi connectivity index (χ0v) is 14.2.